The van der Waals surface area contributed by atoms with Crippen LogP contribution in [0.15, 0.2) is 58.9 Å². The van der Waals surface area contributed by atoms with Crippen molar-refractivity contribution in [3.05, 3.63) is 69.4 Å². The minimum Gasteiger partial charge on any atom is -0.497 e. The molecule has 1 saturated heterocycles. The topological polar surface area (TPSA) is 59.1 Å². The van der Waals surface area contributed by atoms with Crippen LogP contribution in [0.25, 0.3) is 6.08 Å². The molecule has 0 N–H and O–H groups in total. The molecule has 2 aromatic rings. The third-order valence-corrected chi connectivity index (χ3v) is 9.55. The number of esters is 1. The van der Waals surface area contributed by atoms with Crippen LogP contribution in [-0.2, 0) is 19.7 Å². The number of likely N-dealkylation sites (tertiary alicyclic amines) is 1. The molecule has 0 unspecified atom stereocenters. The van der Waals surface area contributed by atoms with Crippen LogP contribution in [0.4, 0.5) is 0 Å². The van der Waals surface area contributed by atoms with Crippen LogP contribution < -0.4 is 4.74 Å². The number of methoxy groups -OCH3 is 1. The molecule has 6 nitrogen and oxygen atoms in total. The van der Waals surface area contributed by atoms with Crippen LogP contribution in [0.3, 0.4) is 0 Å². The molecule has 0 bridgehead atoms. The molecular weight excluding hydrogens is 552 g/mol. The van der Waals surface area contributed by atoms with Gasteiger partial charge in [-0.25, -0.2) is 0 Å². The summed E-state index contributed by atoms with van der Waals surface area (Å²) in [5.74, 6) is 0.466. The fourth-order valence-electron chi connectivity index (χ4n) is 6.12. The second kappa shape index (κ2) is 11.5. The van der Waals surface area contributed by atoms with Crippen molar-refractivity contribution in [2.45, 2.75) is 49.7 Å². The Bertz CT molecular complexity index is 1180. The number of rotatable bonds is 8. The number of amides is 1. The Morgan fingerprint density at radius 2 is 2.14 bits per heavy atom. The van der Waals surface area contributed by atoms with Gasteiger partial charge in [-0.05, 0) is 78.0 Å². The Morgan fingerprint density at radius 1 is 1.32 bits per heavy atom. The number of likely N-dealkylation sites (N-methyl/N-ethyl adjacent to an activating group) is 1. The summed E-state index contributed by atoms with van der Waals surface area (Å²) in [7, 11) is 3.55. The van der Waals surface area contributed by atoms with Crippen LogP contribution in [0.1, 0.15) is 43.0 Å². The molecule has 2 heterocycles. The van der Waals surface area contributed by atoms with Crippen LogP contribution in [0.2, 0.25) is 0 Å². The quantitative estimate of drug-likeness (QED) is 0.226. The average Bonchev–Trinajstić information content (AvgIpc) is 3.31. The first-order valence-corrected chi connectivity index (χ1v) is 14.3. The maximum atomic E-state index is 13.2. The summed E-state index contributed by atoms with van der Waals surface area (Å²) < 4.78 is 12.9. The number of carbonyl (C=O) groups excluding carboxylic acids is 2. The molecule has 1 aromatic carbocycles. The molecule has 198 valence electrons. The number of nitrogens with zero attached hydrogens (tertiary/aromatic N) is 2. The van der Waals surface area contributed by atoms with Gasteiger partial charge in [-0.2, -0.15) is 0 Å². The van der Waals surface area contributed by atoms with E-state index < -0.39 is 11.0 Å². The molecule has 0 spiro atoms. The molecular formula is C29H35BrN2O4S. The standard InChI is InChI=1S/C29H35BrN2O4S/c1-5-14-32-15-13-28(22-7-6-8-25(16-22)35-4)18-24(11-12-29(28,20-32)36-21(2)33)31(3)27(34)10-9-26-17-23(30)19-37-26/h5-10,16-17,19,24H,1,11-15,18,20H2,2-4H3/b10-9+/t24-,28-,29-/m0/s1. The summed E-state index contributed by atoms with van der Waals surface area (Å²) in [6, 6.07) is 10.1. The van der Waals surface area contributed by atoms with E-state index in [0.29, 0.717) is 19.4 Å². The van der Waals surface area contributed by atoms with E-state index in [-0.39, 0.29) is 17.9 Å². The molecule has 1 saturated carbocycles. The predicted molar refractivity (Wildman–Crippen MR) is 152 cm³/mol. The molecule has 0 radical (unpaired) electrons. The number of thiophene rings is 1. The lowest BCUT2D eigenvalue weighted by Gasteiger charge is -2.60. The van der Waals surface area contributed by atoms with Crippen molar-refractivity contribution >= 4 is 45.2 Å². The number of fused-ring (bicyclic) bond motifs is 1. The molecule has 1 aliphatic heterocycles. The fraction of sp³-hybridized carbons (Fsp3) is 0.448. The van der Waals surface area contributed by atoms with Crippen molar-refractivity contribution in [1.29, 1.82) is 0 Å². The maximum Gasteiger partial charge on any atom is 0.303 e. The molecule has 37 heavy (non-hydrogen) atoms. The normalized spacial score (nSPS) is 25.9. The Kier molecular flexibility index (Phi) is 8.61. The first-order chi connectivity index (χ1) is 17.7. The Labute approximate surface area is 232 Å². The summed E-state index contributed by atoms with van der Waals surface area (Å²) in [6.45, 7) is 7.63. The molecule has 1 aromatic heterocycles. The van der Waals surface area contributed by atoms with Crippen LogP contribution in [-0.4, -0.2) is 67.1 Å². The third-order valence-electron chi connectivity index (χ3n) is 7.89. The van der Waals surface area contributed by atoms with Gasteiger partial charge in [-0.1, -0.05) is 18.2 Å². The molecule has 1 aliphatic carbocycles. The predicted octanol–water partition coefficient (Wildman–Crippen LogP) is 5.67. The monoisotopic (exact) mass is 586 g/mol. The molecule has 2 aliphatic rings. The molecule has 2 fully saturated rings. The van der Waals surface area contributed by atoms with Crippen molar-refractivity contribution in [2.75, 3.05) is 33.8 Å². The summed E-state index contributed by atoms with van der Waals surface area (Å²) in [5.41, 5.74) is -0.0627. The first-order valence-electron chi connectivity index (χ1n) is 12.6. The lowest BCUT2D eigenvalue weighted by atomic mass is 9.55. The number of benzene rings is 1. The highest BCUT2D eigenvalue weighted by Crippen LogP contribution is 2.54. The van der Waals surface area contributed by atoms with E-state index in [0.717, 1.165) is 46.6 Å². The number of piperidine rings is 1. The Balaban J connectivity index is 1.70. The van der Waals surface area contributed by atoms with E-state index in [2.05, 4.69) is 39.5 Å². The average molecular weight is 588 g/mol. The van der Waals surface area contributed by atoms with Gasteiger partial charge in [0.15, 0.2) is 0 Å². The van der Waals surface area contributed by atoms with Gasteiger partial charge in [0.2, 0.25) is 5.91 Å². The fourth-order valence-corrected chi connectivity index (χ4v) is 7.45. The largest absolute Gasteiger partial charge is 0.497 e. The number of halogens is 1. The van der Waals surface area contributed by atoms with Gasteiger partial charge in [0, 0.05) is 59.3 Å². The van der Waals surface area contributed by atoms with Crippen LogP contribution in [0.5, 0.6) is 5.75 Å². The zero-order valence-electron chi connectivity index (χ0n) is 21.7. The zero-order valence-corrected chi connectivity index (χ0v) is 24.1. The molecule has 8 heteroatoms. The second-order valence-electron chi connectivity index (χ2n) is 10.0. The highest BCUT2D eigenvalue weighted by molar-refractivity contribution is 9.10. The lowest BCUT2D eigenvalue weighted by molar-refractivity contribution is -0.189. The minimum atomic E-state index is -0.702. The lowest BCUT2D eigenvalue weighted by Crippen LogP contribution is -2.68. The van der Waals surface area contributed by atoms with E-state index >= 15 is 0 Å². The van der Waals surface area contributed by atoms with E-state index in [1.165, 1.54) is 6.92 Å². The van der Waals surface area contributed by atoms with Gasteiger partial charge >= 0.3 is 5.97 Å². The van der Waals surface area contributed by atoms with E-state index in [9.17, 15) is 9.59 Å². The van der Waals surface area contributed by atoms with Crippen LogP contribution in [0, 0.1) is 0 Å². The number of hydrogen-bond donors (Lipinski definition) is 0. The first kappa shape index (κ1) is 27.6. The van der Waals surface area contributed by atoms with E-state index in [4.69, 9.17) is 9.47 Å². The highest BCUT2D eigenvalue weighted by Gasteiger charge is 2.61. The van der Waals surface area contributed by atoms with Gasteiger partial charge in [-0.3, -0.25) is 14.5 Å². The Hall–Kier alpha value is -2.42. The number of ether oxygens (including phenoxy) is 2. The van der Waals surface area contributed by atoms with E-state index in [1.807, 2.05) is 47.7 Å². The Morgan fingerprint density at radius 3 is 2.81 bits per heavy atom. The van der Waals surface area contributed by atoms with Crippen molar-refractivity contribution < 1.29 is 19.1 Å². The number of hydrogen-bond acceptors (Lipinski definition) is 6. The van der Waals surface area contributed by atoms with Crippen LogP contribution >= 0.6 is 27.3 Å². The highest BCUT2D eigenvalue weighted by atomic mass is 79.9. The SMILES string of the molecule is C=CCN1CC[C@@]2(c3cccc(OC)c3)C[C@@H](N(C)C(=O)/C=C/c3cc(Br)cs3)CC[C@]2(OC(C)=O)C1. The maximum absolute atomic E-state index is 13.2. The summed E-state index contributed by atoms with van der Waals surface area (Å²) in [4.78, 5) is 30.9. The van der Waals surface area contributed by atoms with Gasteiger partial charge in [-0.15, -0.1) is 17.9 Å². The third kappa shape index (κ3) is 5.71. The van der Waals surface area contributed by atoms with Crippen molar-refractivity contribution in [1.82, 2.24) is 9.80 Å². The number of carbonyl (C=O) groups is 2. The summed E-state index contributed by atoms with van der Waals surface area (Å²) in [6.07, 6.45) is 8.34. The van der Waals surface area contributed by atoms with Gasteiger partial charge < -0.3 is 14.4 Å². The zero-order chi connectivity index (χ0) is 26.6. The van der Waals surface area contributed by atoms with Gasteiger partial charge in [0.25, 0.3) is 0 Å². The second-order valence-corrected chi connectivity index (χ2v) is 11.9. The van der Waals surface area contributed by atoms with Crippen molar-refractivity contribution in [2.24, 2.45) is 0 Å². The molecule has 3 atom stereocenters. The van der Waals surface area contributed by atoms with E-state index in [1.54, 1.807) is 24.5 Å². The summed E-state index contributed by atoms with van der Waals surface area (Å²) >= 11 is 5.05. The summed E-state index contributed by atoms with van der Waals surface area (Å²) in [5, 5.41) is 2.00. The molecule has 1 amide bonds. The smallest absolute Gasteiger partial charge is 0.303 e. The van der Waals surface area contributed by atoms with Crippen molar-refractivity contribution in [3.63, 3.8) is 0 Å². The van der Waals surface area contributed by atoms with Crippen molar-refractivity contribution in [3.8, 4) is 5.75 Å². The molecule has 4 rings (SSSR count). The van der Waals surface area contributed by atoms with Gasteiger partial charge in [0.1, 0.15) is 11.4 Å². The minimum absolute atomic E-state index is 0.00746. The van der Waals surface area contributed by atoms with Gasteiger partial charge in [0.05, 0.1) is 7.11 Å².